The van der Waals surface area contributed by atoms with E-state index in [4.69, 9.17) is 4.74 Å². The quantitative estimate of drug-likeness (QED) is 0.474. The molecule has 2 aromatic rings. The molecule has 0 bridgehead atoms. The molecular weight excluding hydrogens is 239 g/mol. The molecule has 18 heavy (non-hydrogen) atoms. The summed E-state index contributed by atoms with van der Waals surface area (Å²) in [6.45, 7) is 0.126. The van der Waals surface area contributed by atoms with E-state index in [-0.39, 0.29) is 18.0 Å². The van der Waals surface area contributed by atoms with Crippen molar-refractivity contribution in [2.24, 2.45) is 0 Å². The van der Waals surface area contributed by atoms with Crippen molar-refractivity contribution in [1.29, 1.82) is 0 Å². The Balaban J connectivity index is 2.02. The van der Waals surface area contributed by atoms with Crippen LogP contribution < -0.4 is 4.74 Å². The van der Waals surface area contributed by atoms with Gasteiger partial charge in [-0.3, -0.25) is 10.1 Å². The van der Waals surface area contributed by atoms with Gasteiger partial charge in [0.05, 0.1) is 4.92 Å². The summed E-state index contributed by atoms with van der Waals surface area (Å²) in [6.07, 6.45) is 1.33. The molecule has 0 unspecified atom stereocenters. The third-order valence-electron chi connectivity index (χ3n) is 2.27. The van der Waals surface area contributed by atoms with Gasteiger partial charge >= 0.3 is 0 Å². The number of nitro benzene ring substituents is 1. The summed E-state index contributed by atoms with van der Waals surface area (Å²) in [5.41, 5.74) is 0.718. The minimum absolute atomic E-state index is 0.00584. The van der Waals surface area contributed by atoms with Crippen LogP contribution >= 0.6 is 0 Å². The average Bonchev–Trinajstić information content (AvgIpc) is 2.38. The predicted octanol–water partition coefficient (Wildman–Crippen LogP) is 2.71. The van der Waals surface area contributed by atoms with E-state index < -0.39 is 10.9 Å². The average molecular weight is 248 g/mol. The van der Waals surface area contributed by atoms with Crippen molar-refractivity contribution in [2.75, 3.05) is 0 Å². The van der Waals surface area contributed by atoms with Crippen LogP contribution in [0.4, 0.5) is 10.1 Å². The molecule has 0 aliphatic carbocycles. The Morgan fingerprint density at radius 1 is 1.28 bits per heavy atom. The highest BCUT2D eigenvalue weighted by Crippen LogP contribution is 2.16. The molecule has 0 N–H and O–H groups in total. The lowest BCUT2D eigenvalue weighted by Gasteiger charge is -2.05. The van der Waals surface area contributed by atoms with Crippen molar-refractivity contribution >= 4 is 5.69 Å². The number of aromatic nitrogens is 1. The fraction of sp³-hybridized carbons (Fsp3) is 0.0833. The van der Waals surface area contributed by atoms with Crippen molar-refractivity contribution in [3.05, 3.63) is 64.2 Å². The summed E-state index contributed by atoms with van der Waals surface area (Å²) < 4.78 is 18.4. The van der Waals surface area contributed by atoms with Gasteiger partial charge in [0.1, 0.15) is 6.61 Å². The van der Waals surface area contributed by atoms with E-state index in [1.807, 2.05) is 0 Å². The maximum absolute atomic E-state index is 13.1. The van der Waals surface area contributed by atoms with Crippen LogP contribution in [0.5, 0.6) is 5.75 Å². The molecule has 0 atom stereocenters. The first-order valence-electron chi connectivity index (χ1n) is 5.13. The van der Waals surface area contributed by atoms with Crippen molar-refractivity contribution in [3.63, 3.8) is 0 Å². The van der Waals surface area contributed by atoms with Gasteiger partial charge in [0.15, 0.2) is 5.75 Å². The Kier molecular flexibility index (Phi) is 3.47. The Hall–Kier alpha value is -2.50. The normalized spacial score (nSPS) is 10.1. The van der Waals surface area contributed by atoms with E-state index in [1.165, 1.54) is 24.4 Å². The number of nitro groups is 1. The van der Waals surface area contributed by atoms with E-state index in [1.54, 1.807) is 18.2 Å². The summed E-state index contributed by atoms with van der Waals surface area (Å²) in [7, 11) is 0. The number of benzene rings is 1. The molecule has 1 aromatic heterocycles. The van der Waals surface area contributed by atoms with Crippen LogP contribution in [0.2, 0.25) is 0 Å². The summed E-state index contributed by atoms with van der Waals surface area (Å²) in [5.74, 6) is -0.629. The summed E-state index contributed by atoms with van der Waals surface area (Å²) >= 11 is 0. The Morgan fingerprint density at radius 3 is 2.61 bits per heavy atom. The number of nitrogens with zero attached hydrogens (tertiary/aromatic N) is 2. The van der Waals surface area contributed by atoms with Crippen molar-refractivity contribution in [3.8, 4) is 5.75 Å². The second kappa shape index (κ2) is 5.22. The van der Waals surface area contributed by atoms with Gasteiger partial charge in [-0.2, -0.15) is 4.39 Å². The molecule has 5 nitrogen and oxygen atoms in total. The minimum Gasteiger partial charge on any atom is -0.484 e. The van der Waals surface area contributed by atoms with Gasteiger partial charge < -0.3 is 4.74 Å². The molecular formula is C12H9FN2O3. The monoisotopic (exact) mass is 248 g/mol. The molecule has 0 amide bonds. The van der Waals surface area contributed by atoms with Gasteiger partial charge in [0.2, 0.25) is 0 Å². The zero-order valence-electron chi connectivity index (χ0n) is 9.25. The molecule has 2 rings (SSSR count). The number of hydrogen-bond donors (Lipinski definition) is 0. The highest BCUT2D eigenvalue weighted by Gasteiger charge is 2.06. The number of rotatable bonds is 4. The lowest BCUT2D eigenvalue weighted by atomic mass is 10.2. The van der Waals surface area contributed by atoms with Crippen LogP contribution in [-0.2, 0) is 6.61 Å². The highest BCUT2D eigenvalue weighted by molar-refractivity contribution is 5.32. The lowest BCUT2D eigenvalue weighted by molar-refractivity contribution is -0.384. The van der Waals surface area contributed by atoms with Gasteiger partial charge in [-0.15, -0.1) is 0 Å². The number of halogens is 1. The number of hydrogen-bond acceptors (Lipinski definition) is 4. The Bertz CT molecular complexity index is 558. The van der Waals surface area contributed by atoms with Crippen LogP contribution in [0.25, 0.3) is 0 Å². The van der Waals surface area contributed by atoms with Crippen molar-refractivity contribution in [1.82, 2.24) is 4.98 Å². The Morgan fingerprint density at radius 2 is 2.00 bits per heavy atom. The largest absolute Gasteiger partial charge is 0.484 e. The molecule has 92 valence electrons. The van der Waals surface area contributed by atoms with Gasteiger partial charge in [-0.05, 0) is 29.8 Å². The Labute approximate surface area is 102 Å². The molecule has 0 spiro atoms. The van der Waals surface area contributed by atoms with Gasteiger partial charge in [0, 0.05) is 18.3 Å². The molecule has 0 radical (unpaired) electrons. The molecule has 0 aliphatic rings. The molecule has 0 fully saturated rings. The topological polar surface area (TPSA) is 65.3 Å². The second-order valence-electron chi connectivity index (χ2n) is 3.50. The zero-order chi connectivity index (χ0) is 13.0. The van der Waals surface area contributed by atoms with E-state index in [0.717, 1.165) is 0 Å². The number of ether oxygens (including phenoxy) is 1. The fourth-order valence-electron chi connectivity index (χ4n) is 1.35. The minimum atomic E-state index is -0.681. The van der Waals surface area contributed by atoms with Crippen LogP contribution in [0.3, 0.4) is 0 Å². The van der Waals surface area contributed by atoms with Gasteiger partial charge in [0.25, 0.3) is 11.6 Å². The highest BCUT2D eigenvalue weighted by atomic mass is 19.1. The molecule has 6 heteroatoms. The maximum atomic E-state index is 13.1. The molecule has 1 heterocycles. The lowest BCUT2D eigenvalue weighted by Crippen LogP contribution is -1.98. The van der Waals surface area contributed by atoms with Crippen molar-refractivity contribution in [2.45, 2.75) is 6.61 Å². The number of non-ortho nitro benzene ring substituents is 1. The first-order chi connectivity index (χ1) is 8.66. The van der Waals surface area contributed by atoms with E-state index >= 15 is 0 Å². The predicted molar refractivity (Wildman–Crippen MR) is 61.6 cm³/mol. The van der Waals surface area contributed by atoms with Crippen LogP contribution in [0, 0.1) is 16.1 Å². The molecule has 1 aromatic carbocycles. The third-order valence-corrected chi connectivity index (χ3v) is 2.27. The van der Waals surface area contributed by atoms with E-state index in [9.17, 15) is 14.5 Å². The zero-order valence-corrected chi connectivity index (χ0v) is 9.25. The SMILES string of the molecule is O=[N+]([O-])c1ccc(COc2cccnc2F)cc1. The summed E-state index contributed by atoms with van der Waals surface area (Å²) in [5, 5.41) is 10.5. The smallest absolute Gasteiger partial charge is 0.269 e. The molecule has 0 saturated carbocycles. The first-order valence-corrected chi connectivity index (χ1v) is 5.13. The van der Waals surface area contributed by atoms with Gasteiger partial charge in [-0.25, -0.2) is 4.98 Å². The van der Waals surface area contributed by atoms with Crippen LogP contribution in [0.1, 0.15) is 5.56 Å². The summed E-state index contributed by atoms with van der Waals surface area (Å²) in [6, 6.07) is 8.90. The third kappa shape index (κ3) is 2.79. The van der Waals surface area contributed by atoms with E-state index in [0.29, 0.717) is 5.56 Å². The van der Waals surface area contributed by atoms with Gasteiger partial charge in [-0.1, -0.05) is 0 Å². The van der Waals surface area contributed by atoms with Crippen molar-refractivity contribution < 1.29 is 14.1 Å². The second-order valence-corrected chi connectivity index (χ2v) is 3.50. The molecule has 0 saturated heterocycles. The van der Waals surface area contributed by atoms with E-state index in [2.05, 4.69) is 4.98 Å². The first kappa shape index (κ1) is 12.0. The summed E-state index contributed by atoms with van der Waals surface area (Å²) in [4.78, 5) is 13.4. The maximum Gasteiger partial charge on any atom is 0.269 e. The molecule has 0 aliphatic heterocycles. The number of pyridine rings is 1. The van der Waals surface area contributed by atoms with Crippen LogP contribution in [0.15, 0.2) is 42.6 Å². The standard InChI is InChI=1S/C12H9FN2O3/c13-12-11(2-1-7-14-12)18-8-9-3-5-10(6-4-9)15(16)17/h1-7H,8H2. The fourth-order valence-corrected chi connectivity index (χ4v) is 1.35. The van der Waals surface area contributed by atoms with Crippen LogP contribution in [-0.4, -0.2) is 9.91 Å².